The Morgan fingerprint density at radius 1 is 1.29 bits per heavy atom. The standard InChI is InChI=1S/C15H17N3O2S/c19-14-12(5-1-2-8-16-14)18-15(20)17-11-6-3-4-10-7-9-21-13(10)11/h3-4,6-7,9,12H,1-2,5,8H2,(H,16,19)(H2,17,18,20)/t12-/m0/s1. The van der Waals surface area contributed by atoms with E-state index in [1.165, 1.54) is 0 Å². The number of hydrogen-bond acceptors (Lipinski definition) is 3. The third kappa shape index (κ3) is 3.16. The van der Waals surface area contributed by atoms with Gasteiger partial charge < -0.3 is 16.0 Å². The zero-order valence-corrected chi connectivity index (χ0v) is 12.3. The molecule has 0 radical (unpaired) electrons. The van der Waals surface area contributed by atoms with Crippen LogP contribution in [0.15, 0.2) is 29.6 Å². The molecule has 0 bridgehead atoms. The Balaban J connectivity index is 1.68. The molecule has 1 aromatic heterocycles. The average Bonchev–Trinajstić information content (AvgIpc) is 2.86. The van der Waals surface area contributed by atoms with E-state index >= 15 is 0 Å². The number of thiophene rings is 1. The highest BCUT2D eigenvalue weighted by Crippen LogP contribution is 2.28. The summed E-state index contributed by atoms with van der Waals surface area (Å²) in [6.45, 7) is 0.688. The summed E-state index contributed by atoms with van der Waals surface area (Å²) >= 11 is 1.58. The van der Waals surface area contributed by atoms with E-state index in [0.717, 1.165) is 28.6 Å². The predicted octanol–water partition coefficient (Wildman–Crippen LogP) is 2.69. The molecule has 3 rings (SSSR count). The molecule has 0 spiro atoms. The van der Waals surface area contributed by atoms with Crippen LogP contribution in [-0.2, 0) is 4.79 Å². The number of carbonyl (C=O) groups excluding carboxylic acids is 2. The van der Waals surface area contributed by atoms with Gasteiger partial charge in [0.1, 0.15) is 6.04 Å². The van der Waals surface area contributed by atoms with Crippen molar-refractivity contribution in [2.45, 2.75) is 25.3 Å². The van der Waals surface area contributed by atoms with Crippen LogP contribution in [-0.4, -0.2) is 24.5 Å². The maximum absolute atomic E-state index is 12.1. The Labute approximate surface area is 126 Å². The highest BCUT2D eigenvalue weighted by Gasteiger charge is 2.22. The van der Waals surface area contributed by atoms with E-state index in [2.05, 4.69) is 16.0 Å². The van der Waals surface area contributed by atoms with Gasteiger partial charge in [-0.3, -0.25) is 4.79 Å². The molecular weight excluding hydrogens is 286 g/mol. The van der Waals surface area contributed by atoms with Gasteiger partial charge >= 0.3 is 6.03 Å². The van der Waals surface area contributed by atoms with Gasteiger partial charge in [-0.2, -0.15) is 0 Å². The van der Waals surface area contributed by atoms with Crippen LogP contribution in [0.4, 0.5) is 10.5 Å². The smallest absolute Gasteiger partial charge is 0.319 e. The molecule has 6 heteroatoms. The highest BCUT2D eigenvalue weighted by atomic mass is 32.1. The molecule has 2 heterocycles. The minimum atomic E-state index is -0.449. The van der Waals surface area contributed by atoms with E-state index < -0.39 is 6.04 Å². The van der Waals surface area contributed by atoms with Gasteiger partial charge in [0.15, 0.2) is 0 Å². The molecule has 1 aliphatic heterocycles. The van der Waals surface area contributed by atoms with Crippen molar-refractivity contribution in [1.29, 1.82) is 0 Å². The van der Waals surface area contributed by atoms with Crippen LogP contribution in [0.2, 0.25) is 0 Å². The number of fused-ring (bicyclic) bond motifs is 1. The van der Waals surface area contributed by atoms with Crippen molar-refractivity contribution in [3.05, 3.63) is 29.6 Å². The Bertz CT molecular complexity index is 668. The van der Waals surface area contributed by atoms with Crippen LogP contribution in [0.1, 0.15) is 19.3 Å². The van der Waals surface area contributed by atoms with Crippen molar-refractivity contribution in [2.75, 3.05) is 11.9 Å². The van der Waals surface area contributed by atoms with E-state index in [-0.39, 0.29) is 11.9 Å². The fourth-order valence-electron chi connectivity index (χ4n) is 2.49. The summed E-state index contributed by atoms with van der Waals surface area (Å²) in [5, 5.41) is 11.5. The van der Waals surface area contributed by atoms with E-state index in [0.29, 0.717) is 13.0 Å². The van der Waals surface area contributed by atoms with Gasteiger partial charge in [-0.1, -0.05) is 12.1 Å². The van der Waals surface area contributed by atoms with Crippen molar-refractivity contribution in [3.8, 4) is 0 Å². The van der Waals surface area contributed by atoms with Crippen molar-refractivity contribution < 1.29 is 9.59 Å². The Kier molecular flexibility index (Phi) is 4.06. The molecule has 1 aliphatic rings. The first-order valence-electron chi connectivity index (χ1n) is 7.05. The molecule has 5 nitrogen and oxygen atoms in total. The van der Waals surface area contributed by atoms with Gasteiger partial charge in [-0.05, 0) is 42.2 Å². The third-order valence-electron chi connectivity index (χ3n) is 3.57. The number of carbonyl (C=O) groups is 2. The van der Waals surface area contributed by atoms with Gasteiger partial charge in [0.2, 0.25) is 5.91 Å². The lowest BCUT2D eigenvalue weighted by atomic mass is 10.1. The molecular formula is C15H17N3O2S. The van der Waals surface area contributed by atoms with Crippen molar-refractivity contribution >= 4 is 39.0 Å². The normalized spacial score (nSPS) is 18.9. The van der Waals surface area contributed by atoms with E-state index in [9.17, 15) is 9.59 Å². The summed E-state index contributed by atoms with van der Waals surface area (Å²) in [5.41, 5.74) is 0.772. The monoisotopic (exact) mass is 303 g/mol. The first kappa shape index (κ1) is 13.9. The van der Waals surface area contributed by atoms with E-state index in [1.54, 1.807) is 11.3 Å². The molecule has 3 N–H and O–H groups in total. The zero-order valence-electron chi connectivity index (χ0n) is 11.5. The van der Waals surface area contributed by atoms with Crippen molar-refractivity contribution in [2.24, 2.45) is 0 Å². The quantitative estimate of drug-likeness (QED) is 0.798. The van der Waals surface area contributed by atoms with Crippen molar-refractivity contribution in [1.82, 2.24) is 10.6 Å². The number of benzene rings is 1. The first-order chi connectivity index (χ1) is 10.2. The molecule has 0 aliphatic carbocycles. The van der Waals surface area contributed by atoms with Gasteiger partial charge in [-0.15, -0.1) is 11.3 Å². The van der Waals surface area contributed by atoms with Gasteiger partial charge in [0.25, 0.3) is 0 Å². The van der Waals surface area contributed by atoms with Crippen molar-refractivity contribution in [3.63, 3.8) is 0 Å². The highest BCUT2D eigenvalue weighted by molar-refractivity contribution is 7.17. The average molecular weight is 303 g/mol. The molecule has 0 saturated carbocycles. The molecule has 110 valence electrons. The summed E-state index contributed by atoms with van der Waals surface area (Å²) in [6.07, 6.45) is 2.58. The van der Waals surface area contributed by atoms with Crippen LogP contribution >= 0.6 is 11.3 Å². The second-order valence-corrected chi connectivity index (χ2v) is 6.00. The van der Waals surface area contributed by atoms with Gasteiger partial charge in [0, 0.05) is 6.54 Å². The van der Waals surface area contributed by atoms with E-state index in [1.807, 2.05) is 29.6 Å². The predicted molar refractivity (Wildman–Crippen MR) is 84.6 cm³/mol. The number of rotatable bonds is 2. The fourth-order valence-corrected chi connectivity index (χ4v) is 3.35. The SMILES string of the molecule is O=C(Nc1cccc2ccsc12)N[C@H]1CCCCNC1=O. The summed E-state index contributed by atoms with van der Waals surface area (Å²) in [4.78, 5) is 23.9. The number of anilines is 1. The topological polar surface area (TPSA) is 70.2 Å². The number of urea groups is 1. The maximum atomic E-state index is 12.1. The van der Waals surface area contributed by atoms with Crippen LogP contribution < -0.4 is 16.0 Å². The Hall–Kier alpha value is -2.08. The summed E-state index contributed by atoms with van der Waals surface area (Å²) < 4.78 is 1.04. The summed E-state index contributed by atoms with van der Waals surface area (Å²) in [5.74, 6) is -0.100. The van der Waals surface area contributed by atoms with Crippen LogP contribution in [0, 0.1) is 0 Å². The fraction of sp³-hybridized carbons (Fsp3) is 0.333. The summed E-state index contributed by atoms with van der Waals surface area (Å²) in [7, 11) is 0. The molecule has 2 aromatic rings. The zero-order chi connectivity index (χ0) is 14.7. The van der Waals surface area contributed by atoms with Crippen LogP contribution in [0.3, 0.4) is 0 Å². The number of hydrogen-bond donors (Lipinski definition) is 3. The minimum Gasteiger partial charge on any atom is -0.354 e. The lowest BCUT2D eigenvalue weighted by Gasteiger charge is -2.16. The molecule has 0 unspecified atom stereocenters. The van der Waals surface area contributed by atoms with E-state index in [4.69, 9.17) is 0 Å². The molecule has 1 atom stereocenters. The second kappa shape index (κ2) is 6.13. The number of nitrogens with one attached hydrogen (secondary N) is 3. The molecule has 1 fully saturated rings. The Morgan fingerprint density at radius 2 is 2.19 bits per heavy atom. The van der Waals surface area contributed by atoms with Gasteiger partial charge in [-0.25, -0.2) is 4.79 Å². The maximum Gasteiger partial charge on any atom is 0.319 e. The van der Waals surface area contributed by atoms with Crippen LogP contribution in [0.25, 0.3) is 10.1 Å². The molecule has 1 saturated heterocycles. The summed E-state index contributed by atoms with van der Waals surface area (Å²) in [6, 6.07) is 7.01. The lowest BCUT2D eigenvalue weighted by Crippen LogP contribution is -2.47. The largest absolute Gasteiger partial charge is 0.354 e. The molecule has 1 aromatic carbocycles. The molecule has 3 amide bonds. The minimum absolute atomic E-state index is 0.100. The first-order valence-corrected chi connectivity index (χ1v) is 7.93. The van der Waals surface area contributed by atoms with Gasteiger partial charge in [0.05, 0.1) is 10.4 Å². The second-order valence-electron chi connectivity index (χ2n) is 5.08. The lowest BCUT2D eigenvalue weighted by molar-refractivity contribution is -0.122. The number of amides is 3. The Morgan fingerprint density at radius 3 is 3.10 bits per heavy atom. The molecule has 21 heavy (non-hydrogen) atoms. The van der Waals surface area contributed by atoms with Crippen LogP contribution in [0.5, 0.6) is 0 Å². The third-order valence-corrected chi connectivity index (χ3v) is 4.53.